The van der Waals surface area contributed by atoms with Gasteiger partial charge in [0.05, 0.1) is 0 Å². The van der Waals surface area contributed by atoms with E-state index in [9.17, 15) is 9.59 Å². The van der Waals surface area contributed by atoms with Crippen LogP contribution in [0, 0.1) is 9.49 Å². The van der Waals surface area contributed by atoms with Crippen LogP contribution in [0.25, 0.3) is 6.08 Å². The molecule has 0 unspecified atom stereocenters. The Morgan fingerprint density at radius 1 is 1.00 bits per heavy atom. The highest BCUT2D eigenvalue weighted by molar-refractivity contribution is 14.1. The fraction of sp³-hybridized carbons (Fsp3) is 0.238. The van der Waals surface area contributed by atoms with Gasteiger partial charge in [-0.25, -0.2) is 0 Å². The van der Waals surface area contributed by atoms with Crippen molar-refractivity contribution in [2.24, 2.45) is 5.92 Å². The van der Waals surface area contributed by atoms with Crippen LogP contribution in [0.15, 0.2) is 60.7 Å². The molecule has 0 radical (unpaired) electrons. The maximum atomic E-state index is 12.4. The largest absolute Gasteiger partial charge is 0.339 e. The number of halogens is 1. The van der Waals surface area contributed by atoms with Crippen molar-refractivity contribution < 1.29 is 9.59 Å². The number of amides is 2. The molecule has 1 aliphatic rings. The molecular weight excluding hydrogens is 439 g/mol. The second-order valence-corrected chi connectivity index (χ2v) is 7.59. The molecule has 2 amide bonds. The standard InChI is InChI=1S/C21H21IN2O2/c22-18-7-9-19(10-8-18)23-21(26)17-12-14-24(15-13-17)20(25)11-6-16-4-2-1-3-5-16/h1-11,17H,12-15H2,(H,23,26)/b11-6+. The molecule has 5 heteroatoms. The Labute approximate surface area is 167 Å². The molecule has 26 heavy (non-hydrogen) atoms. The molecule has 1 saturated heterocycles. The zero-order valence-electron chi connectivity index (χ0n) is 14.4. The zero-order valence-corrected chi connectivity index (χ0v) is 16.6. The van der Waals surface area contributed by atoms with Crippen LogP contribution in [-0.2, 0) is 9.59 Å². The summed E-state index contributed by atoms with van der Waals surface area (Å²) in [6.07, 6.45) is 4.83. The van der Waals surface area contributed by atoms with Crippen molar-refractivity contribution in [2.45, 2.75) is 12.8 Å². The van der Waals surface area contributed by atoms with Crippen LogP contribution in [0.3, 0.4) is 0 Å². The molecule has 0 aromatic heterocycles. The molecule has 134 valence electrons. The minimum atomic E-state index is -0.0450. The maximum Gasteiger partial charge on any atom is 0.246 e. The number of nitrogens with zero attached hydrogens (tertiary/aromatic N) is 1. The van der Waals surface area contributed by atoms with E-state index in [-0.39, 0.29) is 17.7 Å². The lowest BCUT2D eigenvalue weighted by atomic mass is 9.95. The van der Waals surface area contributed by atoms with Crippen molar-refractivity contribution in [3.8, 4) is 0 Å². The molecule has 3 rings (SSSR count). The molecule has 1 N–H and O–H groups in total. The monoisotopic (exact) mass is 460 g/mol. The summed E-state index contributed by atoms with van der Waals surface area (Å²) >= 11 is 2.24. The summed E-state index contributed by atoms with van der Waals surface area (Å²) in [4.78, 5) is 26.5. The van der Waals surface area contributed by atoms with Crippen LogP contribution in [0.5, 0.6) is 0 Å². The third-order valence-electron chi connectivity index (χ3n) is 4.51. The van der Waals surface area contributed by atoms with Gasteiger partial charge in [-0.2, -0.15) is 0 Å². The number of piperidine rings is 1. The van der Waals surface area contributed by atoms with Gasteiger partial charge < -0.3 is 10.2 Å². The number of rotatable bonds is 4. The molecule has 4 nitrogen and oxygen atoms in total. The van der Waals surface area contributed by atoms with Gasteiger partial charge in [0, 0.05) is 34.3 Å². The summed E-state index contributed by atoms with van der Waals surface area (Å²) in [6, 6.07) is 17.5. The minimum Gasteiger partial charge on any atom is -0.339 e. The van der Waals surface area contributed by atoms with Gasteiger partial charge in [0.1, 0.15) is 0 Å². The summed E-state index contributed by atoms with van der Waals surface area (Å²) < 4.78 is 1.14. The first-order valence-electron chi connectivity index (χ1n) is 8.70. The molecule has 2 aromatic carbocycles. The average Bonchev–Trinajstić information content (AvgIpc) is 2.69. The number of nitrogens with one attached hydrogen (secondary N) is 1. The number of carbonyl (C=O) groups is 2. The smallest absolute Gasteiger partial charge is 0.246 e. The SMILES string of the molecule is O=C(Nc1ccc(I)cc1)C1CCN(C(=O)/C=C/c2ccccc2)CC1. The summed E-state index contributed by atoms with van der Waals surface area (Å²) in [6.45, 7) is 1.23. The number of carbonyl (C=O) groups excluding carboxylic acids is 2. The van der Waals surface area contributed by atoms with Crippen LogP contribution in [-0.4, -0.2) is 29.8 Å². The molecule has 0 aliphatic carbocycles. The summed E-state index contributed by atoms with van der Waals surface area (Å²) in [5.74, 6) is -0.0000819. The molecule has 1 fully saturated rings. The van der Waals surface area contributed by atoms with Gasteiger partial charge in [-0.1, -0.05) is 30.3 Å². The minimum absolute atomic E-state index is 0.00495. The Balaban J connectivity index is 1.49. The van der Waals surface area contributed by atoms with Gasteiger partial charge in [0.2, 0.25) is 11.8 Å². The first-order chi connectivity index (χ1) is 12.6. The third kappa shape index (κ3) is 5.17. The Hall–Kier alpha value is -2.15. The van der Waals surface area contributed by atoms with Gasteiger partial charge in [-0.3, -0.25) is 9.59 Å². The van der Waals surface area contributed by atoms with E-state index in [1.807, 2.05) is 65.6 Å². The van der Waals surface area contributed by atoms with E-state index < -0.39 is 0 Å². The Morgan fingerprint density at radius 3 is 2.31 bits per heavy atom. The zero-order chi connectivity index (χ0) is 18.4. The normalized spacial score (nSPS) is 15.2. The van der Waals surface area contributed by atoms with E-state index >= 15 is 0 Å². The van der Waals surface area contributed by atoms with E-state index in [1.165, 1.54) is 0 Å². The average molecular weight is 460 g/mol. The Morgan fingerprint density at radius 2 is 1.65 bits per heavy atom. The molecule has 0 atom stereocenters. The lowest BCUT2D eigenvalue weighted by molar-refractivity contribution is -0.130. The van der Waals surface area contributed by atoms with Crippen LogP contribution in [0.1, 0.15) is 18.4 Å². The summed E-state index contributed by atoms with van der Waals surface area (Å²) in [7, 11) is 0. The lowest BCUT2D eigenvalue weighted by Gasteiger charge is -2.30. The predicted molar refractivity (Wildman–Crippen MR) is 113 cm³/mol. The van der Waals surface area contributed by atoms with Gasteiger partial charge in [-0.05, 0) is 71.3 Å². The van der Waals surface area contributed by atoms with Crippen molar-refractivity contribution in [2.75, 3.05) is 18.4 Å². The molecule has 2 aromatic rings. The highest BCUT2D eigenvalue weighted by atomic mass is 127. The molecule has 0 spiro atoms. The second kappa shape index (κ2) is 8.98. The molecular formula is C21H21IN2O2. The van der Waals surface area contributed by atoms with E-state index in [0.29, 0.717) is 25.9 Å². The molecule has 0 bridgehead atoms. The van der Waals surface area contributed by atoms with Crippen LogP contribution in [0.4, 0.5) is 5.69 Å². The van der Waals surface area contributed by atoms with Crippen molar-refractivity contribution in [1.82, 2.24) is 4.90 Å². The van der Waals surface area contributed by atoms with E-state index in [4.69, 9.17) is 0 Å². The number of anilines is 1. The first kappa shape index (κ1) is 18.6. The molecule has 1 heterocycles. The van der Waals surface area contributed by atoms with Crippen LogP contribution >= 0.6 is 22.6 Å². The Bertz CT molecular complexity index is 779. The van der Waals surface area contributed by atoms with Gasteiger partial charge >= 0.3 is 0 Å². The highest BCUT2D eigenvalue weighted by Crippen LogP contribution is 2.20. The number of hydrogen-bond acceptors (Lipinski definition) is 2. The lowest BCUT2D eigenvalue weighted by Crippen LogP contribution is -2.40. The van der Waals surface area contributed by atoms with Crippen molar-refractivity contribution in [3.63, 3.8) is 0 Å². The fourth-order valence-electron chi connectivity index (χ4n) is 2.98. The van der Waals surface area contributed by atoms with E-state index in [1.54, 1.807) is 6.08 Å². The van der Waals surface area contributed by atoms with E-state index in [2.05, 4.69) is 27.9 Å². The van der Waals surface area contributed by atoms with Gasteiger partial charge in [-0.15, -0.1) is 0 Å². The van der Waals surface area contributed by atoms with E-state index in [0.717, 1.165) is 14.8 Å². The van der Waals surface area contributed by atoms with Crippen molar-refractivity contribution >= 4 is 46.2 Å². The topological polar surface area (TPSA) is 49.4 Å². The fourth-order valence-corrected chi connectivity index (χ4v) is 3.34. The quantitative estimate of drug-likeness (QED) is 0.550. The number of benzene rings is 2. The molecule has 0 saturated carbocycles. The van der Waals surface area contributed by atoms with Crippen LogP contribution in [0.2, 0.25) is 0 Å². The maximum absolute atomic E-state index is 12.4. The predicted octanol–water partition coefficient (Wildman–Crippen LogP) is 4.18. The van der Waals surface area contributed by atoms with Gasteiger partial charge in [0.25, 0.3) is 0 Å². The third-order valence-corrected chi connectivity index (χ3v) is 5.23. The summed E-state index contributed by atoms with van der Waals surface area (Å²) in [5, 5.41) is 2.97. The number of hydrogen-bond donors (Lipinski definition) is 1. The first-order valence-corrected chi connectivity index (χ1v) is 9.78. The summed E-state index contributed by atoms with van der Waals surface area (Å²) in [5.41, 5.74) is 1.83. The number of likely N-dealkylation sites (tertiary alicyclic amines) is 1. The second-order valence-electron chi connectivity index (χ2n) is 6.34. The van der Waals surface area contributed by atoms with Gasteiger partial charge in [0.15, 0.2) is 0 Å². The van der Waals surface area contributed by atoms with Crippen molar-refractivity contribution in [1.29, 1.82) is 0 Å². The Kier molecular flexibility index (Phi) is 6.44. The van der Waals surface area contributed by atoms with Crippen LogP contribution < -0.4 is 5.32 Å². The molecule has 1 aliphatic heterocycles. The van der Waals surface area contributed by atoms with Crippen molar-refractivity contribution in [3.05, 3.63) is 69.8 Å². The highest BCUT2D eigenvalue weighted by Gasteiger charge is 2.26.